The van der Waals surface area contributed by atoms with Crippen LogP contribution in [-0.4, -0.2) is 29.1 Å². The molecule has 6 heteroatoms. The van der Waals surface area contributed by atoms with Crippen molar-refractivity contribution in [1.29, 1.82) is 5.26 Å². The zero-order valence-corrected chi connectivity index (χ0v) is 11.3. The zero-order valence-electron chi connectivity index (χ0n) is 10.6. The van der Waals surface area contributed by atoms with Gasteiger partial charge in [0.1, 0.15) is 11.6 Å². The molecule has 1 aliphatic carbocycles. The molecule has 5 nitrogen and oxygen atoms in total. The lowest BCUT2D eigenvalue weighted by Gasteiger charge is -2.20. The second-order valence-electron chi connectivity index (χ2n) is 4.24. The summed E-state index contributed by atoms with van der Waals surface area (Å²) in [7, 11) is 0. The van der Waals surface area contributed by atoms with E-state index in [0.717, 1.165) is 25.9 Å². The minimum atomic E-state index is 0.220. The SMILES string of the molecule is CCN(CC)c1nc(Cl)c(C#N)c(NC2CC2)n1. The number of halogens is 1. The number of hydrogen-bond donors (Lipinski definition) is 1. The predicted octanol–water partition coefficient (Wildman–Crippen LogP) is 2.42. The summed E-state index contributed by atoms with van der Waals surface area (Å²) in [6.07, 6.45) is 2.24. The van der Waals surface area contributed by atoms with Gasteiger partial charge < -0.3 is 10.2 Å². The van der Waals surface area contributed by atoms with Crippen LogP contribution in [0.25, 0.3) is 0 Å². The summed E-state index contributed by atoms with van der Waals surface area (Å²) >= 11 is 6.06. The lowest BCUT2D eigenvalue weighted by Crippen LogP contribution is -2.25. The molecule has 0 amide bonds. The molecular formula is C12H16ClN5. The highest BCUT2D eigenvalue weighted by molar-refractivity contribution is 6.31. The molecule has 0 aliphatic heterocycles. The fraction of sp³-hybridized carbons (Fsp3) is 0.583. The van der Waals surface area contributed by atoms with Crippen molar-refractivity contribution in [1.82, 2.24) is 9.97 Å². The van der Waals surface area contributed by atoms with Gasteiger partial charge in [0.25, 0.3) is 0 Å². The highest BCUT2D eigenvalue weighted by atomic mass is 35.5. The molecule has 2 rings (SSSR count). The monoisotopic (exact) mass is 265 g/mol. The Labute approximate surface area is 112 Å². The van der Waals surface area contributed by atoms with Gasteiger partial charge in [-0.15, -0.1) is 0 Å². The second kappa shape index (κ2) is 5.40. The second-order valence-corrected chi connectivity index (χ2v) is 4.60. The van der Waals surface area contributed by atoms with E-state index in [1.54, 1.807) is 0 Å². The van der Waals surface area contributed by atoms with E-state index >= 15 is 0 Å². The van der Waals surface area contributed by atoms with Crippen molar-refractivity contribution in [3.63, 3.8) is 0 Å². The van der Waals surface area contributed by atoms with Crippen molar-refractivity contribution in [2.45, 2.75) is 32.7 Å². The van der Waals surface area contributed by atoms with E-state index in [9.17, 15) is 0 Å². The van der Waals surface area contributed by atoms with Gasteiger partial charge in [-0.25, -0.2) is 0 Å². The summed E-state index contributed by atoms with van der Waals surface area (Å²) in [5.41, 5.74) is 0.333. The standard InChI is InChI=1S/C12H16ClN5/c1-3-18(4-2)12-16-10(13)9(7-14)11(17-12)15-8-5-6-8/h8H,3-6H2,1-2H3,(H,15,16,17). The third-order valence-corrected chi connectivity index (χ3v) is 3.20. The Kier molecular flexibility index (Phi) is 3.87. The summed E-state index contributed by atoms with van der Waals surface area (Å²) in [4.78, 5) is 10.6. The van der Waals surface area contributed by atoms with Crippen molar-refractivity contribution >= 4 is 23.4 Å². The molecule has 1 saturated carbocycles. The maximum absolute atomic E-state index is 9.11. The maximum atomic E-state index is 9.11. The molecule has 1 fully saturated rings. The van der Waals surface area contributed by atoms with Gasteiger partial charge in [-0.3, -0.25) is 0 Å². The van der Waals surface area contributed by atoms with Crippen LogP contribution in [0.2, 0.25) is 5.15 Å². The van der Waals surface area contributed by atoms with E-state index in [0.29, 0.717) is 23.4 Å². The highest BCUT2D eigenvalue weighted by Gasteiger charge is 2.24. The number of nitriles is 1. The van der Waals surface area contributed by atoms with Crippen LogP contribution in [-0.2, 0) is 0 Å². The van der Waals surface area contributed by atoms with E-state index in [-0.39, 0.29) is 5.15 Å². The van der Waals surface area contributed by atoms with Crippen molar-refractivity contribution in [2.75, 3.05) is 23.3 Å². The van der Waals surface area contributed by atoms with Gasteiger partial charge in [0.15, 0.2) is 11.0 Å². The van der Waals surface area contributed by atoms with E-state index in [1.807, 2.05) is 18.7 Å². The first-order valence-electron chi connectivity index (χ1n) is 6.18. The lowest BCUT2D eigenvalue weighted by atomic mass is 10.3. The zero-order chi connectivity index (χ0) is 13.1. The number of aromatic nitrogens is 2. The Bertz CT molecular complexity index is 474. The van der Waals surface area contributed by atoms with Crippen molar-refractivity contribution in [3.8, 4) is 6.07 Å². The minimum absolute atomic E-state index is 0.220. The molecule has 0 atom stereocenters. The number of anilines is 2. The third-order valence-electron chi connectivity index (χ3n) is 2.93. The molecule has 0 aromatic carbocycles. The van der Waals surface area contributed by atoms with Crippen molar-refractivity contribution in [3.05, 3.63) is 10.7 Å². The van der Waals surface area contributed by atoms with Crippen LogP contribution in [0.15, 0.2) is 0 Å². The first kappa shape index (κ1) is 12.9. The summed E-state index contributed by atoms with van der Waals surface area (Å²) in [5, 5.41) is 12.6. The Hall–Kier alpha value is -1.54. The molecule has 1 aliphatic rings. The molecular weight excluding hydrogens is 250 g/mol. The number of nitrogens with one attached hydrogen (secondary N) is 1. The Morgan fingerprint density at radius 3 is 2.56 bits per heavy atom. The van der Waals surface area contributed by atoms with E-state index < -0.39 is 0 Å². The molecule has 0 spiro atoms. The van der Waals surface area contributed by atoms with Crippen LogP contribution < -0.4 is 10.2 Å². The molecule has 0 bridgehead atoms. The average Bonchev–Trinajstić information content (AvgIpc) is 3.14. The van der Waals surface area contributed by atoms with Crippen molar-refractivity contribution in [2.24, 2.45) is 0 Å². The number of hydrogen-bond acceptors (Lipinski definition) is 5. The van der Waals surface area contributed by atoms with Gasteiger partial charge in [0, 0.05) is 19.1 Å². The fourth-order valence-electron chi connectivity index (χ4n) is 1.69. The van der Waals surface area contributed by atoms with Crippen LogP contribution in [0.5, 0.6) is 0 Å². The Morgan fingerprint density at radius 2 is 2.06 bits per heavy atom. The van der Waals surface area contributed by atoms with E-state index in [4.69, 9.17) is 16.9 Å². The summed E-state index contributed by atoms with van der Waals surface area (Å²) in [6.45, 7) is 5.68. The molecule has 1 N–H and O–H groups in total. The lowest BCUT2D eigenvalue weighted by molar-refractivity contribution is 0.820. The summed E-state index contributed by atoms with van der Waals surface area (Å²) in [5.74, 6) is 1.13. The molecule has 1 aromatic rings. The molecule has 18 heavy (non-hydrogen) atoms. The number of nitrogens with zero attached hydrogens (tertiary/aromatic N) is 4. The van der Waals surface area contributed by atoms with Gasteiger partial charge in [-0.2, -0.15) is 15.2 Å². The van der Waals surface area contributed by atoms with Gasteiger partial charge in [0.05, 0.1) is 0 Å². The normalized spacial score (nSPS) is 14.1. The van der Waals surface area contributed by atoms with Gasteiger partial charge >= 0.3 is 0 Å². The van der Waals surface area contributed by atoms with Crippen LogP contribution in [0.3, 0.4) is 0 Å². The van der Waals surface area contributed by atoms with Gasteiger partial charge in [-0.05, 0) is 26.7 Å². The molecule has 1 heterocycles. The average molecular weight is 266 g/mol. The first-order chi connectivity index (χ1) is 8.69. The van der Waals surface area contributed by atoms with Crippen LogP contribution in [0, 0.1) is 11.3 Å². The summed E-state index contributed by atoms with van der Waals surface area (Å²) < 4.78 is 0. The van der Waals surface area contributed by atoms with Gasteiger partial charge in [-0.1, -0.05) is 11.6 Å². The molecule has 0 unspecified atom stereocenters. The third kappa shape index (κ3) is 2.65. The molecule has 0 radical (unpaired) electrons. The smallest absolute Gasteiger partial charge is 0.228 e. The Morgan fingerprint density at radius 1 is 1.39 bits per heavy atom. The number of rotatable bonds is 5. The van der Waals surface area contributed by atoms with E-state index in [2.05, 4.69) is 21.4 Å². The molecule has 1 aromatic heterocycles. The minimum Gasteiger partial charge on any atom is -0.366 e. The molecule has 0 saturated heterocycles. The fourth-order valence-corrected chi connectivity index (χ4v) is 1.90. The first-order valence-corrected chi connectivity index (χ1v) is 6.56. The van der Waals surface area contributed by atoms with Crippen LogP contribution in [0.4, 0.5) is 11.8 Å². The largest absolute Gasteiger partial charge is 0.366 e. The quantitative estimate of drug-likeness (QED) is 0.829. The topological polar surface area (TPSA) is 64.8 Å². The molecule has 96 valence electrons. The van der Waals surface area contributed by atoms with Crippen LogP contribution >= 0.6 is 11.6 Å². The predicted molar refractivity (Wildman–Crippen MR) is 72.0 cm³/mol. The Balaban J connectivity index is 2.38. The highest BCUT2D eigenvalue weighted by Crippen LogP contribution is 2.29. The van der Waals surface area contributed by atoms with Gasteiger partial charge in [0.2, 0.25) is 5.95 Å². The van der Waals surface area contributed by atoms with E-state index in [1.165, 1.54) is 0 Å². The summed E-state index contributed by atoms with van der Waals surface area (Å²) in [6, 6.07) is 2.48. The van der Waals surface area contributed by atoms with Crippen molar-refractivity contribution < 1.29 is 0 Å². The van der Waals surface area contributed by atoms with Crippen LogP contribution in [0.1, 0.15) is 32.3 Å². The maximum Gasteiger partial charge on any atom is 0.228 e.